The first-order chi connectivity index (χ1) is 9.72. The first kappa shape index (κ1) is 11.9. The minimum atomic E-state index is -0.183. The lowest BCUT2D eigenvalue weighted by molar-refractivity contribution is 0.00842. The third-order valence-corrected chi connectivity index (χ3v) is 4.18. The summed E-state index contributed by atoms with van der Waals surface area (Å²) in [5.41, 5.74) is 4.95. The van der Waals surface area contributed by atoms with Gasteiger partial charge in [0.05, 0.1) is 13.2 Å². The Morgan fingerprint density at radius 1 is 1.10 bits per heavy atom. The molecule has 4 rings (SSSR count). The van der Waals surface area contributed by atoms with Crippen LogP contribution < -0.4 is 4.74 Å². The lowest BCUT2D eigenvalue weighted by atomic mass is 9.89. The summed E-state index contributed by atoms with van der Waals surface area (Å²) in [5, 5.41) is 0. The summed E-state index contributed by atoms with van der Waals surface area (Å²) in [6, 6.07) is 9.75. The van der Waals surface area contributed by atoms with Crippen LogP contribution in [-0.4, -0.2) is 13.2 Å². The predicted molar refractivity (Wildman–Crippen MR) is 74.5 cm³/mol. The van der Waals surface area contributed by atoms with Gasteiger partial charge in [0.15, 0.2) is 0 Å². The van der Waals surface area contributed by atoms with E-state index in [-0.39, 0.29) is 5.82 Å². The van der Waals surface area contributed by atoms with Crippen molar-refractivity contribution in [3.05, 3.63) is 52.8 Å². The van der Waals surface area contributed by atoms with Crippen LogP contribution in [0.2, 0.25) is 0 Å². The van der Waals surface area contributed by atoms with Crippen molar-refractivity contribution < 1.29 is 13.9 Å². The molecule has 0 saturated carbocycles. The molecule has 2 heterocycles. The Bertz CT molecular complexity index is 690. The molecule has 0 N–H and O–H groups in total. The van der Waals surface area contributed by atoms with Crippen molar-refractivity contribution in [3.63, 3.8) is 0 Å². The molecular weight excluding hydrogens is 255 g/mol. The minimum Gasteiger partial charge on any atom is -0.488 e. The summed E-state index contributed by atoms with van der Waals surface area (Å²) < 4.78 is 24.8. The number of ether oxygens (including phenoxy) is 2. The number of fused-ring (bicyclic) bond motifs is 3. The van der Waals surface area contributed by atoms with Crippen molar-refractivity contribution in [2.45, 2.75) is 19.4 Å². The second-order valence-corrected chi connectivity index (χ2v) is 5.54. The molecule has 102 valence electrons. The van der Waals surface area contributed by atoms with Gasteiger partial charge in [-0.15, -0.1) is 0 Å². The molecule has 0 atom stereocenters. The summed E-state index contributed by atoms with van der Waals surface area (Å²) in [7, 11) is 0. The first-order valence-corrected chi connectivity index (χ1v) is 6.86. The fourth-order valence-corrected chi connectivity index (χ4v) is 2.79. The van der Waals surface area contributed by atoms with Crippen molar-refractivity contribution in [3.8, 4) is 16.9 Å². The van der Waals surface area contributed by atoms with Crippen molar-refractivity contribution in [1.82, 2.24) is 0 Å². The Morgan fingerprint density at radius 2 is 1.95 bits per heavy atom. The van der Waals surface area contributed by atoms with Crippen LogP contribution in [0.3, 0.4) is 0 Å². The molecule has 2 aromatic rings. The number of hydrogen-bond donors (Lipinski definition) is 0. The van der Waals surface area contributed by atoms with Gasteiger partial charge in [0.1, 0.15) is 18.2 Å². The number of aryl methyl sites for hydroxylation is 1. The fraction of sp³-hybridized carbons (Fsp3) is 0.294. The van der Waals surface area contributed by atoms with Crippen molar-refractivity contribution >= 4 is 0 Å². The molecule has 3 heteroatoms. The maximum absolute atomic E-state index is 13.9. The molecule has 2 nitrogen and oxygen atoms in total. The van der Waals surface area contributed by atoms with Gasteiger partial charge in [-0.1, -0.05) is 18.2 Å². The molecule has 1 fully saturated rings. The van der Waals surface area contributed by atoms with E-state index in [4.69, 9.17) is 9.47 Å². The molecule has 0 bridgehead atoms. The Balaban J connectivity index is 1.86. The van der Waals surface area contributed by atoms with Crippen LogP contribution in [0.4, 0.5) is 4.39 Å². The molecule has 2 aliphatic heterocycles. The van der Waals surface area contributed by atoms with Crippen LogP contribution in [0.5, 0.6) is 5.75 Å². The Morgan fingerprint density at radius 3 is 2.70 bits per heavy atom. The maximum Gasteiger partial charge on any atom is 0.128 e. The average Bonchev–Trinajstić information content (AvgIpc) is 2.38. The van der Waals surface area contributed by atoms with E-state index >= 15 is 0 Å². The molecule has 0 spiro atoms. The SMILES string of the molecule is Cc1cc2c(cc1F)-c1cc(C3COC3)ccc1CO2. The van der Waals surface area contributed by atoms with Gasteiger partial charge >= 0.3 is 0 Å². The third-order valence-electron chi connectivity index (χ3n) is 4.18. The van der Waals surface area contributed by atoms with Crippen molar-refractivity contribution in [2.75, 3.05) is 13.2 Å². The number of halogens is 1. The molecule has 0 aliphatic carbocycles. The van der Waals surface area contributed by atoms with Gasteiger partial charge in [0.25, 0.3) is 0 Å². The van der Waals surface area contributed by atoms with E-state index in [2.05, 4.69) is 18.2 Å². The highest BCUT2D eigenvalue weighted by atomic mass is 19.1. The van der Waals surface area contributed by atoms with E-state index in [0.29, 0.717) is 18.1 Å². The molecule has 2 aromatic carbocycles. The summed E-state index contributed by atoms with van der Waals surface area (Å²) in [6.07, 6.45) is 0. The monoisotopic (exact) mass is 270 g/mol. The second-order valence-electron chi connectivity index (χ2n) is 5.54. The van der Waals surface area contributed by atoms with E-state index < -0.39 is 0 Å². The van der Waals surface area contributed by atoms with E-state index in [1.807, 2.05) is 0 Å². The molecule has 1 saturated heterocycles. The van der Waals surface area contributed by atoms with Gasteiger partial charge in [0.2, 0.25) is 0 Å². The average molecular weight is 270 g/mol. The summed E-state index contributed by atoms with van der Waals surface area (Å²) in [4.78, 5) is 0. The zero-order valence-corrected chi connectivity index (χ0v) is 11.3. The lowest BCUT2D eigenvalue weighted by Gasteiger charge is -2.28. The highest BCUT2D eigenvalue weighted by molar-refractivity contribution is 5.76. The van der Waals surface area contributed by atoms with Crippen LogP contribution >= 0.6 is 0 Å². The van der Waals surface area contributed by atoms with Gasteiger partial charge in [-0.25, -0.2) is 4.39 Å². The zero-order chi connectivity index (χ0) is 13.7. The standard InChI is InChI=1S/C17H15FO2/c1-10-4-17-15(6-16(10)18)14-5-11(13-7-19-8-13)2-3-12(14)9-20-17/h2-6,13H,7-9H2,1H3. The number of benzene rings is 2. The van der Waals surface area contributed by atoms with Crippen LogP contribution in [-0.2, 0) is 11.3 Å². The summed E-state index contributed by atoms with van der Waals surface area (Å²) in [6.45, 7) is 3.88. The topological polar surface area (TPSA) is 18.5 Å². The number of rotatable bonds is 1. The molecule has 2 aliphatic rings. The lowest BCUT2D eigenvalue weighted by Crippen LogP contribution is -2.25. The predicted octanol–water partition coefficient (Wildman–Crippen LogP) is 3.81. The number of hydrogen-bond acceptors (Lipinski definition) is 2. The zero-order valence-electron chi connectivity index (χ0n) is 11.3. The van der Waals surface area contributed by atoms with E-state index in [0.717, 1.165) is 35.7 Å². The van der Waals surface area contributed by atoms with E-state index in [1.165, 1.54) is 5.56 Å². The summed E-state index contributed by atoms with van der Waals surface area (Å²) in [5.74, 6) is 1.07. The van der Waals surface area contributed by atoms with E-state index in [1.54, 1.807) is 19.1 Å². The van der Waals surface area contributed by atoms with Gasteiger partial charge in [-0.05, 0) is 41.3 Å². The van der Waals surface area contributed by atoms with Gasteiger partial charge in [0, 0.05) is 11.5 Å². The largest absolute Gasteiger partial charge is 0.488 e. The molecule has 0 amide bonds. The second kappa shape index (κ2) is 4.32. The van der Waals surface area contributed by atoms with Crippen LogP contribution in [0.15, 0.2) is 30.3 Å². The fourth-order valence-electron chi connectivity index (χ4n) is 2.79. The molecule has 20 heavy (non-hydrogen) atoms. The van der Waals surface area contributed by atoms with E-state index in [9.17, 15) is 4.39 Å². The highest BCUT2D eigenvalue weighted by Crippen LogP contribution is 2.40. The minimum absolute atomic E-state index is 0.183. The summed E-state index contributed by atoms with van der Waals surface area (Å²) >= 11 is 0. The molecular formula is C17H15FO2. The third kappa shape index (κ3) is 1.74. The maximum atomic E-state index is 13.9. The van der Waals surface area contributed by atoms with Crippen LogP contribution in [0, 0.1) is 12.7 Å². The molecule has 0 unspecified atom stereocenters. The highest BCUT2D eigenvalue weighted by Gasteiger charge is 2.24. The van der Waals surface area contributed by atoms with Crippen LogP contribution in [0.25, 0.3) is 11.1 Å². The van der Waals surface area contributed by atoms with Crippen molar-refractivity contribution in [1.29, 1.82) is 0 Å². The molecule has 0 aromatic heterocycles. The van der Waals surface area contributed by atoms with Crippen molar-refractivity contribution in [2.24, 2.45) is 0 Å². The van der Waals surface area contributed by atoms with Gasteiger partial charge in [-0.2, -0.15) is 0 Å². The molecule has 0 radical (unpaired) electrons. The quantitative estimate of drug-likeness (QED) is 0.784. The Hall–Kier alpha value is -1.87. The van der Waals surface area contributed by atoms with Crippen LogP contribution in [0.1, 0.15) is 22.6 Å². The van der Waals surface area contributed by atoms with Gasteiger partial charge in [-0.3, -0.25) is 0 Å². The first-order valence-electron chi connectivity index (χ1n) is 6.86. The Labute approximate surface area is 117 Å². The smallest absolute Gasteiger partial charge is 0.128 e. The Kier molecular flexibility index (Phi) is 2.57. The van der Waals surface area contributed by atoms with Gasteiger partial charge < -0.3 is 9.47 Å². The normalized spacial score (nSPS) is 16.9.